The van der Waals surface area contributed by atoms with Gasteiger partial charge in [-0.05, 0) is 62.6 Å². The number of aromatic nitrogens is 1. The van der Waals surface area contributed by atoms with Crippen LogP contribution in [0.3, 0.4) is 0 Å². The fourth-order valence-corrected chi connectivity index (χ4v) is 7.45. The maximum atomic E-state index is 13.6. The van der Waals surface area contributed by atoms with Crippen LogP contribution in [0.15, 0.2) is 71.9 Å². The highest BCUT2D eigenvalue weighted by Crippen LogP contribution is 2.48. The quantitative estimate of drug-likeness (QED) is 0.427. The van der Waals surface area contributed by atoms with Crippen LogP contribution in [0.4, 0.5) is 10.5 Å². The van der Waals surface area contributed by atoms with E-state index in [9.17, 15) is 14.4 Å². The van der Waals surface area contributed by atoms with Gasteiger partial charge in [0, 0.05) is 41.1 Å². The van der Waals surface area contributed by atoms with Gasteiger partial charge in [-0.1, -0.05) is 36.5 Å². The second kappa shape index (κ2) is 10.3. The molecule has 3 aliphatic heterocycles. The minimum atomic E-state index is -0.238. The van der Waals surface area contributed by atoms with Gasteiger partial charge in [-0.25, -0.2) is 4.79 Å². The number of carbonyl (C=O) groups excluding carboxylic acids is 3. The molecule has 1 aliphatic carbocycles. The Labute approximate surface area is 225 Å². The Hall–Kier alpha value is -3.63. The lowest BCUT2D eigenvalue weighted by atomic mass is 9.86. The van der Waals surface area contributed by atoms with Gasteiger partial charge < -0.3 is 21.3 Å². The van der Waals surface area contributed by atoms with E-state index in [1.54, 1.807) is 6.20 Å². The number of hydrogen-bond acceptors (Lipinski definition) is 6. The molecule has 4 heterocycles. The lowest BCUT2D eigenvalue weighted by Gasteiger charge is -2.45. The van der Waals surface area contributed by atoms with Crippen molar-refractivity contribution < 1.29 is 14.4 Å². The molecule has 2 saturated heterocycles. The number of carbonyl (C=O) groups is 3. The van der Waals surface area contributed by atoms with Gasteiger partial charge in [-0.15, -0.1) is 0 Å². The number of nitrogens with zero attached hydrogens (tertiary/aromatic N) is 2. The summed E-state index contributed by atoms with van der Waals surface area (Å²) in [6.45, 7) is 4.27. The van der Waals surface area contributed by atoms with Crippen molar-refractivity contribution in [1.29, 1.82) is 0 Å². The molecule has 2 aromatic rings. The van der Waals surface area contributed by atoms with Crippen molar-refractivity contribution in [3.8, 4) is 11.3 Å². The van der Waals surface area contributed by atoms with E-state index in [1.165, 1.54) is 17.8 Å². The zero-order chi connectivity index (χ0) is 26.2. The van der Waals surface area contributed by atoms with Gasteiger partial charge in [-0.3, -0.25) is 19.5 Å². The third kappa shape index (κ3) is 4.48. The average Bonchev–Trinajstić information content (AvgIpc) is 3.54. The third-order valence-corrected chi connectivity index (χ3v) is 9.13. The van der Waals surface area contributed by atoms with Gasteiger partial charge in [0.1, 0.15) is 0 Å². The first-order chi connectivity index (χ1) is 18.5. The summed E-state index contributed by atoms with van der Waals surface area (Å²) in [5.41, 5.74) is 3.30. The lowest BCUT2D eigenvalue weighted by Crippen LogP contribution is -2.62. The van der Waals surface area contributed by atoms with Crippen molar-refractivity contribution in [1.82, 2.24) is 26.3 Å². The molecule has 3 fully saturated rings. The molecule has 4 amide bonds. The first kappa shape index (κ1) is 24.7. The maximum absolute atomic E-state index is 13.6. The Morgan fingerprint density at radius 2 is 1.95 bits per heavy atom. The highest BCUT2D eigenvalue weighted by atomic mass is 32.2. The van der Waals surface area contributed by atoms with Crippen molar-refractivity contribution >= 4 is 35.3 Å². The topological polar surface area (TPSA) is 115 Å². The fourth-order valence-electron chi connectivity index (χ4n) is 6.05. The van der Waals surface area contributed by atoms with E-state index in [4.69, 9.17) is 0 Å². The standard InChI is InChI=1S/C28H30N6O3S/c1-2-22(35)31-19-10-6-11-20(19)32-26(36)25-24-23-21(12-14-30-27(23)38-25)34(28(37)33-24)17-8-5-7-16(15-17)18-9-3-4-13-29-18/h2-5,7-9,13,15,19-21,23,27,30H,1,6,10-12,14H2,(H,31,35)(H,32,36)(H,33,37)/t19-,20+,21?,23?,27?/m0/s1. The molecule has 0 radical (unpaired) electrons. The molecule has 5 atom stereocenters. The molecule has 10 heteroatoms. The second-order valence-electron chi connectivity index (χ2n) is 10.0. The van der Waals surface area contributed by atoms with E-state index in [1.807, 2.05) is 47.4 Å². The number of amides is 4. The summed E-state index contributed by atoms with van der Waals surface area (Å²) >= 11 is 1.48. The minimum absolute atomic E-state index is 0.00795. The number of benzene rings is 1. The number of urea groups is 1. The zero-order valence-electron chi connectivity index (χ0n) is 20.9. The summed E-state index contributed by atoms with van der Waals surface area (Å²) in [6, 6.07) is 13.1. The van der Waals surface area contributed by atoms with Crippen LogP contribution >= 0.6 is 11.8 Å². The van der Waals surface area contributed by atoms with E-state index in [-0.39, 0.29) is 47.3 Å². The van der Waals surface area contributed by atoms with Gasteiger partial charge in [0.25, 0.3) is 5.91 Å². The van der Waals surface area contributed by atoms with Crippen LogP contribution in [0, 0.1) is 5.92 Å². The molecule has 1 aromatic carbocycles. The van der Waals surface area contributed by atoms with Gasteiger partial charge >= 0.3 is 6.03 Å². The van der Waals surface area contributed by atoms with Crippen LogP contribution in [0.1, 0.15) is 25.7 Å². The van der Waals surface area contributed by atoms with E-state index in [2.05, 4.69) is 32.8 Å². The molecule has 0 bridgehead atoms. The highest BCUT2D eigenvalue weighted by molar-refractivity contribution is 8.04. The third-order valence-electron chi connectivity index (χ3n) is 7.78. The molecule has 4 N–H and O–H groups in total. The molecule has 6 rings (SSSR count). The molecule has 9 nitrogen and oxygen atoms in total. The summed E-state index contributed by atoms with van der Waals surface area (Å²) < 4.78 is 0. The lowest BCUT2D eigenvalue weighted by molar-refractivity contribution is -0.119. The van der Waals surface area contributed by atoms with Crippen molar-refractivity contribution in [3.63, 3.8) is 0 Å². The van der Waals surface area contributed by atoms with Crippen LogP contribution in [0.25, 0.3) is 11.3 Å². The second-order valence-corrected chi connectivity index (χ2v) is 11.2. The molecular formula is C28H30N6O3S. The van der Waals surface area contributed by atoms with E-state index < -0.39 is 0 Å². The Balaban J connectivity index is 1.26. The first-order valence-electron chi connectivity index (χ1n) is 13.0. The Kier molecular flexibility index (Phi) is 6.67. The highest BCUT2D eigenvalue weighted by Gasteiger charge is 2.52. The predicted molar refractivity (Wildman–Crippen MR) is 147 cm³/mol. The Bertz CT molecular complexity index is 1310. The minimum Gasteiger partial charge on any atom is -0.348 e. The monoisotopic (exact) mass is 530 g/mol. The maximum Gasteiger partial charge on any atom is 0.326 e. The first-order valence-corrected chi connectivity index (χ1v) is 13.9. The summed E-state index contributed by atoms with van der Waals surface area (Å²) in [7, 11) is 0. The molecule has 38 heavy (non-hydrogen) atoms. The summed E-state index contributed by atoms with van der Waals surface area (Å²) in [5.74, 6) is -0.473. The number of nitrogens with one attached hydrogen (secondary N) is 4. The SMILES string of the molecule is C=CC(=O)N[C@H]1CCC[C@H]1NC(=O)C1=C2NC(=O)N(c3cccc(-c4ccccn4)c3)C3CCNC(S1)C23. The summed E-state index contributed by atoms with van der Waals surface area (Å²) in [5, 5.41) is 12.7. The van der Waals surface area contributed by atoms with Gasteiger partial charge in [0.15, 0.2) is 0 Å². The molecule has 1 saturated carbocycles. The van der Waals surface area contributed by atoms with Crippen LogP contribution < -0.4 is 26.2 Å². The zero-order valence-corrected chi connectivity index (χ0v) is 21.7. The summed E-state index contributed by atoms with van der Waals surface area (Å²) in [4.78, 5) is 45.7. The van der Waals surface area contributed by atoms with E-state index in [0.717, 1.165) is 49.2 Å². The fraction of sp³-hybridized carbons (Fsp3) is 0.357. The largest absolute Gasteiger partial charge is 0.348 e. The van der Waals surface area contributed by atoms with Gasteiger partial charge in [0.2, 0.25) is 5.91 Å². The van der Waals surface area contributed by atoms with Crippen LogP contribution in [0.2, 0.25) is 0 Å². The molecule has 1 aromatic heterocycles. The molecule has 4 aliphatic rings. The van der Waals surface area contributed by atoms with Crippen LogP contribution in [-0.2, 0) is 9.59 Å². The molecular weight excluding hydrogens is 500 g/mol. The normalized spacial score (nSPS) is 27.9. The number of thioether (sulfide) groups is 1. The van der Waals surface area contributed by atoms with Crippen molar-refractivity contribution in [2.75, 3.05) is 11.4 Å². The van der Waals surface area contributed by atoms with Crippen LogP contribution in [-0.4, -0.2) is 52.9 Å². The van der Waals surface area contributed by atoms with Crippen LogP contribution in [0.5, 0.6) is 0 Å². The summed E-state index contributed by atoms with van der Waals surface area (Å²) in [6.07, 6.45) is 6.31. The Morgan fingerprint density at radius 1 is 1.11 bits per heavy atom. The van der Waals surface area contributed by atoms with Gasteiger partial charge in [-0.2, -0.15) is 0 Å². The number of anilines is 1. The molecule has 0 spiro atoms. The van der Waals surface area contributed by atoms with Crippen molar-refractivity contribution in [2.45, 2.75) is 49.2 Å². The average molecular weight is 531 g/mol. The number of pyridine rings is 1. The van der Waals surface area contributed by atoms with E-state index in [0.29, 0.717) is 10.6 Å². The number of piperidine rings is 1. The Morgan fingerprint density at radius 3 is 2.74 bits per heavy atom. The number of hydrogen-bond donors (Lipinski definition) is 4. The molecule has 3 unspecified atom stereocenters. The predicted octanol–water partition coefficient (Wildman–Crippen LogP) is 2.88. The smallest absolute Gasteiger partial charge is 0.326 e. The number of rotatable bonds is 6. The van der Waals surface area contributed by atoms with E-state index >= 15 is 0 Å². The molecule has 196 valence electrons. The van der Waals surface area contributed by atoms with Gasteiger partial charge in [0.05, 0.1) is 22.0 Å². The van der Waals surface area contributed by atoms with Crippen molar-refractivity contribution in [3.05, 3.63) is 71.9 Å². The van der Waals surface area contributed by atoms with Crippen molar-refractivity contribution in [2.24, 2.45) is 5.92 Å².